The fraction of sp³-hybridized carbons (Fsp3) is 0.750. The highest BCUT2D eigenvalue weighted by molar-refractivity contribution is 5.76. The third-order valence-electron chi connectivity index (χ3n) is 3.35. The Morgan fingerprint density at radius 3 is 3.07 bits per heavy atom. The van der Waals surface area contributed by atoms with Gasteiger partial charge in [-0.25, -0.2) is 0 Å². The highest BCUT2D eigenvalue weighted by atomic mass is 16.3. The number of aliphatic hydroxyl groups excluding tert-OH is 1. The number of nitrogens with one attached hydrogen (secondary N) is 1. The molecule has 0 spiro atoms. The largest absolute Gasteiger partial charge is 0.396 e. The molecule has 0 aromatic heterocycles. The number of carbonyl (C=O) groups is 1. The molecular weight excluding hydrogens is 190 g/mol. The molecule has 2 N–H and O–H groups in total. The Balaban J connectivity index is 2.43. The molecule has 0 radical (unpaired) electrons. The van der Waals surface area contributed by atoms with Gasteiger partial charge in [0.25, 0.3) is 0 Å². The number of allylic oxidation sites excluding steroid dienone is 1. The maximum atomic E-state index is 11.5. The molecule has 15 heavy (non-hydrogen) atoms. The molecule has 1 rings (SSSR count). The van der Waals surface area contributed by atoms with Crippen LogP contribution in [0.15, 0.2) is 12.7 Å². The molecule has 0 saturated heterocycles. The zero-order valence-electron chi connectivity index (χ0n) is 9.46. The third kappa shape index (κ3) is 3.06. The molecule has 1 saturated carbocycles. The second-order valence-corrected chi connectivity index (χ2v) is 4.65. The summed E-state index contributed by atoms with van der Waals surface area (Å²) in [7, 11) is 0. The average molecular weight is 211 g/mol. The zero-order valence-corrected chi connectivity index (χ0v) is 9.46. The Hall–Kier alpha value is -0.830. The van der Waals surface area contributed by atoms with Gasteiger partial charge in [-0.2, -0.15) is 0 Å². The standard InChI is InChI=1S/C12H21NO2/c1-3-4-7-11(15)13-10-6-5-8-12(10,2)9-14/h3,10,14H,1,4-9H2,2H3,(H,13,15). The average Bonchev–Trinajstić information content (AvgIpc) is 2.58. The number of aliphatic hydroxyl groups is 1. The predicted molar refractivity (Wildman–Crippen MR) is 60.4 cm³/mol. The van der Waals surface area contributed by atoms with Crippen LogP contribution in [-0.2, 0) is 4.79 Å². The van der Waals surface area contributed by atoms with Gasteiger partial charge >= 0.3 is 0 Å². The van der Waals surface area contributed by atoms with Crippen molar-refractivity contribution in [3.8, 4) is 0 Å². The fourth-order valence-corrected chi connectivity index (χ4v) is 2.17. The van der Waals surface area contributed by atoms with Gasteiger partial charge in [0.1, 0.15) is 0 Å². The summed E-state index contributed by atoms with van der Waals surface area (Å²) in [5.41, 5.74) is -0.121. The first-order chi connectivity index (χ1) is 7.12. The Morgan fingerprint density at radius 1 is 1.73 bits per heavy atom. The molecular formula is C12H21NO2. The molecule has 3 heteroatoms. The van der Waals surface area contributed by atoms with E-state index in [2.05, 4.69) is 11.9 Å². The van der Waals surface area contributed by atoms with Crippen LogP contribution in [0.5, 0.6) is 0 Å². The third-order valence-corrected chi connectivity index (χ3v) is 3.35. The van der Waals surface area contributed by atoms with Crippen molar-refractivity contribution >= 4 is 5.91 Å². The van der Waals surface area contributed by atoms with Crippen molar-refractivity contribution in [1.29, 1.82) is 0 Å². The van der Waals surface area contributed by atoms with Gasteiger partial charge in [0.2, 0.25) is 5.91 Å². The summed E-state index contributed by atoms with van der Waals surface area (Å²) in [5.74, 6) is 0.0708. The summed E-state index contributed by atoms with van der Waals surface area (Å²) in [6.45, 7) is 5.78. The maximum Gasteiger partial charge on any atom is 0.220 e. The van der Waals surface area contributed by atoms with Crippen LogP contribution in [0, 0.1) is 5.41 Å². The van der Waals surface area contributed by atoms with Gasteiger partial charge in [-0.1, -0.05) is 19.4 Å². The van der Waals surface area contributed by atoms with E-state index >= 15 is 0 Å². The zero-order chi connectivity index (χ0) is 11.3. The van der Waals surface area contributed by atoms with Gasteiger partial charge in [-0.05, 0) is 19.3 Å². The van der Waals surface area contributed by atoms with E-state index in [4.69, 9.17) is 0 Å². The molecule has 0 bridgehead atoms. The molecule has 1 aliphatic rings. The van der Waals surface area contributed by atoms with Crippen molar-refractivity contribution in [2.75, 3.05) is 6.61 Å². The van der Waals surface area contributed by atoms with Gasteiger partial charge in [-0.15, -0.1) is 6.58 Å². The minimum absolute atomic E-state index is 0.0708. The molecule has 0 heterocycles. The van der Waals surface area contributed by atoms with Crippen LogP contribution in [0.25, 0.3) is 0 Å². The summed E-state index contributed by atoms with van der Waals surface area (Å²) in [6.07, 6.45) is 6.03. The molecule has 1 amide bonds. The Labute approximate surface area is 91.6 Å². The summed E-state index contributed by atoms with van der Waals surface area (Å²) < 4.78 is 0. The number of hydrogen-bond acceptors (Lipinski definition) is 2. The topological polar surface area (TPSA) is 49.3 Å². The first-order valence-electron chi connectivity index (χ1n) is 5.63. The van der Waals surface area contributed by atoms with E-state index in [-0.39, 0.29) is 24.0 Å². The lowest BCUT2D eigenvalue weighted by molar-refractivity contribution is -0.122. The van der Waals surface area contributed by atoms with Gasteiger partial charge in [0, 0.05) is 17.9 Å². The fourth-order valence-electron chi connectivity index (χ4n) is 2.17. The monoisotopic (exact) mass is 211 g/mol. The van der Waals surface area contributed by atoms with Crippen LogP contribution in [-0.4, -0.2) is 23.7 Å². The predicted octanol–water partition coefficient (Wildman–Crippen LogP) is 1.62. The van der Waals surface area contributed by atoms with E-state index in [1.807, 2.05) is 6.92 Å². The molecule has 0 aromatic carbocycles. The van der Waals surface area contributed by atoms with Gasteiger partial charge in [-0.3, -0.25) is 4.79 Å². The van der Waals surface area contributed by atoms with Crippen molar-refractivity contribution in [2.24, 2.45) is 5.41 Å². The minimum Gasteiger partial charge on any atom is -0.396 e. The quantitative estimate of drug-likeness (QED) is 0.679. The second-order valence-electron chi connectivity index (χ2n) is 4.65. The number of rotatable bonds is 5. The van der Waals surface area contributed by atoms with Crippen molar-refractivity contribution in [1.82, 2.24) is 5.32 Å². The Kier molecular flexibility index (Phi) is 4.33. The summed E-state index contributed by atoms with van der Waals surface area (Å²) in [4.78, 5) is 11.5. The highest BCUT2D eigenvalue weighted by Crippen LogP contribution is 2.37. The van der Waals surface area contributed by atoms with Crippen LogP contribution in [0.2, 0.25) is 0 Å². The Bertz CT molecular complexity index is 240. The molecule has 0 aromatic rings. The lowest BCUT2D eigenvalue weighted by Gasteiger charge is -2.30. The normalized spacial score (nSPS) is 30.1. The summed E-state index contributed by atoms with van der Waals surface area (Å²) in [6, 6.07) is 0.139. The SMILES string of the molecule is C=CCCC(=O)NC1CCCC1(C)CO. The molecule has 0 aliphatic heterocycles. The number of amides is 1. The smallest absolute Gasteiger partial charge is 0.220 e. The van der Waals surface area contributed by atoms with E-state index in [0.717, 1.165) is 19.3 Å². The van der Waals surface area contributed by atoms with Gasteiger partial charge in [0.15, 0.2) is 0 Å². The van der Waals surface area contributed by atoms with E-state index in [1.165, 1.54) is 0 Å². The molecule has 2 atom stereocenters. The van der Waals surface area contributed by atoms with E-state index in [1.54, 1.807) is 6.08 Å². The number of carbonyl (C=O) groups excluding carboxylic acids is 1. The van der Waals surface area contributed by atoms with E-state index < -0.39 is 0 Å². The Morgan fingerprint density at radius 2 is 2.47 bits per heavy atom. The molecule has 3 nitrogen and oxygen atoms in total. The van der Waals surface area contributed by atoms with Crippen molar-refractivity contribution in [3.05, 3.63) is 12.7 Å². The van der Waals surface area contributed by atoms with Gasteiger partial charge in [0.05, 0.1) is 6.61 Å². The molecule has 86 valence electrons. The van der Waals surface area contributed by atoms with Crippen molar-refractivity contribution < 1.29 is 9.90 Å². The lowest BCUT2D eigenvalue weighted by Crippen LogP contribution is -2.44. The van der Waals surface area contributed by atoms with Crippen LogP contribution in [0.4, 0.5) is 0 Å². The van der Waals surface area contributed by atoms with Crippen molar-refractivity contribution in [2.45, 2.75) is 45.1 Å². The van der Waals surface area contributed by atoms with Crippen LogP contribution in [0.3, 0.4) is 0 Å². The van der Waals surface area contributed by atoms with Crippen molar-refractivity contribution in [3.63, 3.8) is 0 Å². The number of hydrogen-bond donors (Lipinski definition) is 2. The second kappa shape index (κ2) is 5.31. The van der Waals surface area contributed by atoms with Crippen LogP contribution in [0.1, 0.15) is 39.0 Å². The van der Waals surface area contributed by atoms with Crippen LogP contribution < -0.4 is 5.32 Å². The van der Waals surface area contributed by atoms with E-state index in [9.17, 15) is 9.90 Å². The molecule has 2 unspecified atom stereocenters. The first-order valence-corrected chi connectivity index (χ1v) is 5.63. The lowest BCUT2D eigenvalue weighted by atomic mass is 9.86. The van der Waals surface area contributed by atoms with Gasteiger partial charge < -0.3 is 10.4 Å². The first kappa shape index (κ1) is 12.2. The summed E-state index contributed by atoms with van der Waals surface area (Å²) >= 11 is 0. The molecule has 1 aliphatic carbocycles. The maximum absolute atomic E-state index is 11.5. The molecule has 1 fully saturated rings. The van der Waals surface area contributed by atoms with Crippen LogP contribution >= 0.6 is 0 Å². The summed E-state index contributed by atoms with van der Waals surface area (Å²) in [5, 5.41) is 12.3. The van der Waals surface area contributed by atoms with E-state index in [0.29, 0.717) is 12.8 Å². The minimum atomic E-state index is -0.121. The highest BCUT2D eigenvalue weighted by Gasteiger charge is 2.38.